The number of likely N-dealkylation sites (tertiary alicyclic amines) is 1. The van der Waals surface area contributed by atoms with Gasteiger partial charge in [-0.3, -0.25) is 9.69 Å². The molecule has 1 aromatic heterocycles. The van der Waals surface area contributed by atoms with Crippen LogP contribution in [0.1, 0.15) is 12.0 Å². The van der Waals surface area contributed by atoms with E-state index >= 15 is 0 Å². The van der Waals surface area contributed by atoms with Crippen molar-refractivity contribution >= 4 is 11.7 Å². The van der Waals surface area contributed by atoms with Gasteiger partial charge in [0, 0.05) is 52.6 Å². The third-order valence-corrected chi connectivity index (χ3v) is 5.25. The van der Waals surface area contributed by atoms with Crippen LogP contribution in [0.4, 0.5) is 5.82 Å². The van der Waals surface area contributed by atoms with E-state index < -0.39 is 0 Å². The molecule has 3 rings (SSSR count). The van der Waals surface area contributed by atoms with Crippen LogP contribution in [-0.2, 0) is 16.1 Å². The van der Waals surface area contributed by atoms with Crippen LogP contribution in [0.3, 0.4) is 0 Å². The summed E-state index contributed by atoms with van der Waals surface area (Å²) in [6.07, 6.45) is 2.73. The van der Waals surface area contributed by atoms with Gasteiger partial charge >= 0.3 is 0 Å². The van der Waals surface area contributed by atoms with Crippen LogP contribution in [0.25, 0.3) is 0 Å². The molecule has 138 valence electrons. The molecule has 2 saturated heterocycles. The third-order valence-electron chi connectivity index (χ3n) is 5.25. The zero-order chi connectivity index (χ0) is 17.8. The number of nitrogens with one attached hydrogen (secondary N) is 1. The summed E-state index contributed by atoms with van der Waals surface area (Å²) < 4.78 is 5.38. The van der Waals surface area contributed by atoms with Crippen molar-refractivity contribution in [3.63, 3.8) is 0 Å². The van der Waals surface area contributed by atoms with E-state index in [-0.39, 0.29) is 18.1 Å². The quantitative estimate of drug-likeness (QED) is 0.819. The van der Waals surface area contributed by atoms with Gasteiger partial charge in [-0.15, -0.1) is 0 Å². The first kappa shape index (κ1) is 18.1. The van der Waals surface area contributed by atoms with E-state index in [4.69, 9.17) is 4.74 Å². The second kappa shape index (κ2) is 8.12. The molecule has 0 spiro atoms. The van der Waals surface area contributed by atoms with Gasteiger partial charge in [0.1, 0.15) is 5.82 Å². The van der Waals surface area contributed by atoms with Crippen LogP contribution in [0.2, 0.25) is 0 Å². The molecule has 2 fully saturated rings. The maximum absolute atomic E-state index is 12.5. The van der Waals surface area contributed by atoms with E-state index in [0.717, 1.165) is 50.5 Å². The van der Waals surface area contributed by atoms with Gasteiger partial charge < -0.3 is 19.9 Å². The molecule has 0 unspecified atom stereocenters. The number of hydrogen-bond acceptors (Lipinski definition) is 6. The number of piperazine rings is 1. The summed E-state index contributed by atoms with van der Waals surface area (Å²) in [5.41, 5.74) is 1.08. The Morgan fingerprint density at radius 1 is 1.32 bits per heavy atom. The molecule has 7 heteroatoms. The molecule has 0 saturated carbocycles. The first-order chi connectivity index (χ1) is 12.1. The highest BCUT2D eigenvalue weighted by atomic mass is 16.5. The number of likely N-dealkylation sites (N-methyl/N-ethyl adjacent to an activating group) is 2. The summed E-state index contributed by atoms with van der Waals surface area (Å²) in [6.45, 7) is 5.42. The Morgan fingerprint density at radius 3 is 2.76 bits per heavy atom. The van der Waals surface area contributed by atoms with Gasteiger partial charge in [-0.1, -0.05) is 0 Å². The van der Waals surface area contributed by atoms with Crippen LogP contribution in [-0.4, -0.2) is 86.8 Å². The fourth-order valence-corrected chi connectivity index (χ4v) is 3.52. The smallest absolute Gasteiger partial charge is 0.237 e. The molecule has 1 amide bonds. The van der Waals surface area contributed by atoms with E-state index in [1.807, 2.05) is 19.3 Å². The summed E-state index contributed by atoms with van der Waals surface area (Å²) in [5.74, 6) is 1.07. The highest BCUT2D eigenvalue weighted by molar-refractivity contribution is 5.82. The second-order valence-corrected chi connectivity index (χ2v) is 7.08. The summed E-state index contributed by atoms with van der Waals surface area (Å²) in [7, 11) is 5.82. The number of carbonyl (C=O) groups is 1. The molecule has 3 heterocycles. The first-order valence-electron chi connectivity index (χ1n) is 8.96. The van der Waals surface area contributed by atoms with Crippen LogP contribution < -0.4 is 10.2 Å². The summed E-state index contributed by atoms with van der Waals surface area (Å²) >= 11 is 0. The fraction of sp³-hybridized carbons (Fsp3) is 0.667. The maximum Gasteiger partial charge on any atom is 0.237 e. The molecule has 0 aliphatic carbocycles. The number of rotatable bonds is 5. The van der Waals surface area contributed by atoms with Crippen LogP contribution in [0, 0.1) is 0 Å². The van der Waals surface area contributed by atoms with Crippen LogP contribution >= 0.6 is 0 Å². The Bertz CT molecular complexity index is 589. The molecule has 25 heavy (non-hydrogen) atoms. The fourth-order valence-electron chi connectivity index (χ4n) is 3.52. The van der Waals surface area contributed by atoms with Crippen LogP contribution in [0.15, 0.2) is 18.3 Å². The molecule has 0 aromatic carbocycles. The summed E-state index contributed by atoms with van der Waals surface area (Å²) in [4.78, 5) is 23.7. The van der Waals surface area contributed by atoms with Crippen molar-refractivity contribution in [3.8, 4) is 0 Å². The van der Waals surface area contributed by atoms with Crippen molar-refractivity contribution in [3.05, 3.63) is 23.9 Å². The monoisotopic (exact) mass is 347 g/mol. The van der Waals surface area contributed by atoms with Crippen molar-refractivity contribution < 1.29 is 9.53 Å². The normalized spacial score (nSPS) is 25.3. The Morgan fingerprint density at radius 2 is 2.08 bits per heavy atom. The SMILES string of the molecule is CO[C@H]1C[C@@H](C(=O)NCc2ccnc(N3CCN(C)CC3)c2)N(C)C1. The largest absolute Gasteiger partial charge is 0.380 e. The lowest BCUT2D eigenvalue weighted by molar-refractivity contribution is -0.125. The standard InChI is InChI=1S/C18H29N5O2/c1-21-6-8-23(9-7-21)17-10-14(4-5-19-17)12-20-18(24)16-11-15(25-3)13-22(16)2/h4-5,10,15-16H,6-9,11-13H2,1-3H3,(H,20,24)/t15-,16-/m0/s1. The molecule has 2 aliphatic rings. The lowest BCUT2D eigenvalue weighted by Crippen LogP contribution is -2.44. The van der Waals surface area contributed by atoms with Gasteiger partial charge in [0.15, 0.2) is 0 Å². The van der Waals surface area contributed by atoms with Gasteiger partial charge in [-0.2, -0.15) is 0 Å². The Labute approximate surface area is 149 Å². The highest BCUT2D eigenvalue weighted by Gasteiger charge is 2.34. The third kappa shape index (κ3) is 4.48. The van der Waals surface area contributed by atoms with Gasteiger partial charge in [0.2, 0.25) is 5.91 Å². The van der Waals surface area contributed by atoms with Gasteiger partial charge in [-0.05, 0) is 38.2 Å². The lowest BCUT2D eigenvalue weighted by Gasteiger charge is -2.33. The number of methoxy groups -OCH3 is 1. The first-order valence-corrected chi connectivity index (χ1v) is 8.96. The highest BCUT2D eigenvalue weighted by Crippen LogP contribution is 2.19. The van der Waals surface area contributed by atoms with Gasteiger partial charge in [0.05, 0.1) is 12.1 Å². The van der Waals surface area contributed by atoms with Crippen molar-refractivity contribution in [2.45, 2.75) is 25.1 Å². The molecule has 2 aliphatic heterocycles. The molecule has 0 radical (unpaired) electrons. The molecule has 2 atom stereocenters. The predicted octanol–water partition coefficient (Wildman–Crippen LogP) is 0.169. The summed E-state index contributed by atoms with van der Waals surface area (Å²) in [6, 6.07) is 3.95. The number of hydrogen-bond donors (Lipinski definition) is 1. The number of aromatic nitrogens is 1. The van der Waals surface area contributed by atoms with E-state index in [2.05, 4.69) is 38.1 Å². The number of nitrogens with zero attached hydrogens (tertiary/aromatic N) is 4. The van der Waals surface area contributed by atoms with Crippen molar-refractivity contribution in [2.75, 3.05) is 58.8 Å². The average Bonchev–Trinajstić information content (AvgIpc) is 3.01. The number of ether oxygens (including phenoxy) is 1. The number of amides is 1. The Kier molecular flexibility index (Phi) is 5.88. The predicted molar refractivity (Wildman–Crippen MR) is 97.6 cm³/mol. The van der Waals surface area contributed by atoms with Crippen molar-refractivity contribution in [2.24, 2.45) is 0 Å². The topological polar surface area (TPSA) is 60.9 Å². The van der Waals surface area contributed by atoms with Gasteiger partial charge in [0.25, 0.3) is 0 Å². The minimum atomic E-state index is -0.108. The Hall–Kier alpha value is -1.70. The molecular weight excluding hydrogens is 318 g/mol. The van der Waals surface area contributed by atoms with Crippen molar-refractivity contribution in [1.29, 1.82) is 0 Å². The van der Waals surface area contributed by atoms with Crippen LogP contribution in [0.5, 0.6) is 0 Å². The summed E-state index contributed by atoms with van der Waals surface area (Å²) in [5, 5.41) is 3.06. The van der Waals surface area contributed by atoms with E-state index in [1.54, 1.807) is 7.11 Å². The van der Waals surface area contributed by atoms with Gasteiger partial charge in [-0.25, -0.2) is 4.98 Å². The number of anilines is 1. The minimum absolute atomic E-state index is 0.0695. The molecule has 1 N–H and O–H groups in total. The molecule has 1 aromatic rings. The van der Waals surface area contributed by atoms with E-state index in [0.29, 0.717) is 6.54 Å². The molecule has 7 nitrogen and oxygen atoms in total. The zero-order valence-electron chi connectivity index (χ0n) is 15.4. The maximum atomic E-state index is 12.5. The minimum Gasteiger partial charge on any atom is -0.380 e. The zero-order valence-corrected chi connectivity index (χ0v) is 15.4. The van der Waals surface area contributed by atoms with E-state index in [1.165, 1.54) is 0 Å². The van der Waals surface area contributed by atoms with E-state index in [9.17, 15) is 4.79 Å². The average molecular weight is 347 g/mol. The number of pyridine rings is 1. The number of carbonyl (C=O) groups excluding carboxylic acids is 1. The molecular formula is C18H29N5O2. The Balaban J connectivity index is 1.55. The molecule has 0 bridgehead atoms. The van der Waals surface area contributed by atoms with Crippen molar-refractivity contribution in [1.82, 2.24) is 20.1 Å². The lowest BCUT2D eigenvalue weighted by atomic mass is 10.1. The second-order valence-electron chi connectivity index (χ2n) is 7.08.